The van der Waals surface area contributed by atoms with Gasteiger partial charge in [-0.05, 0) is 41.9 Å². The number of urea groups is 1. The Hall–Kier alpha value is -4.17. The van der Waals surface area contributed by atoms with Crippen molar-refractivity contribution >= 4 is 18.4 Å². The molecule has 0 aliphatic rings. The van der Waals surface area contributed by atoms with Crippen molar-refractivity contribution in [1.29, 1.82) is 0 Å². The second kappa shape index (κ2) is 16.8. The highest BCUT2D eigenvalue weighted by molar-refractivity contribution is 5.78. The molecule has 0 aromatic heterocycles. The first-order valence-electron chi connectivity index (χ1n) is 14.0. The Morgan fingerprint density at radius 2 is 1.41 bits per heavy atom. The number of hydrogen-bond donors (Lipinski definition) is 3. The summed E-state index contributed by atoms with van der Waals surface area (Å²) in [4.78, 5) is 39.1. The summed E-state index contributed by atoms with van der Waals surface area (Å²) in [7, 11) is 0. The molecule has 3 N–H and O–H groups in total. The van der Waals surface area contributed by atoms with E-state index in [0.29, 0.717) is 25.8 Å². The first kappa shape index (κ1) is 31.4. The van der Waals surface area contributed by atoms with Gasteiger partial charge in [-0.25, -0.2) is 9.59 Å². The Morgan fingerprint density at radius 3 is 1.98 bits per heavy atom. The molecule has 41 heavy (non-hydrogen) atoms. The maximum absolute atomic E-state index is 13.3. The van der Waals surface area contributed by atoms with Crippen LogP contribution in [0, 0.1) is 5.92 Å². The number of nitrogens with one attached hydrogen (secondary N) is 2. The highest BCUT2D eigenvalue weighted by atomic mass is 16.5. The van der Waals surface area contributed by atoms with Crippen LogP contribution in [0.25, 0.3) is 0 Å². The van der Waals surface area contributed by atoms with Gasteiger partial charge < -0.3 is 25.4 Å². The summed E-state index contributed by atoms with van der Waals surface area (Å²) < 4.78 is 5.41. The summed E-state index contributed by atoms with van der Waals surface area (Å²) >= 11 is 0. The molecular formula is C33H40N3O5. The maximum atomic E-state index is 13.3. The van der Waals surface area contributed by atoms with Crippen molar-refractivity contribution in [2.45, 2.75) is 57.9 Å². The molecule has 3 aromatic carbocycles. The van der Waals surface area contributed by atoms with Crippen LogP contribution in [0.15, 0.2) is 91.0 Å². The van der Waals surface area contributed by atoms with Crippen LogP contribution in [0.5, 0.6) is 0 Å². The van der Waals surface area contributed by atoms with Crippen LogP contribution in [0.1, 0.15) is 37.0 Å². The largest absolute Gasteiger partial charge is 0.445 e. The Kier molecular flexibility index (Phi) is 12.9. The van der Waals surface area contributed by atoms with Gasteiger partial charge in [-0.2, -0.15) is 0 Å². The number of rotatable bonds is 15. The second-order valence-electron chi connectivity index (χ2n) is 10.5. The fourth-order valence-corrected chi connectivity index (χ4v) is 4.45. The zero-order valence-corrected chi connectivity index (χ0v) is 23.7. The number of carbonyl (C=O) groups is 2. The molecule has 3 amide bonds. The summed E-state index contributed by atoms with van der Waals surface area (Å²) in [6.07, 6.45) is 1.46. The van der Waals surface area contributed by atoms with Gasteiger partial charge in [0.2, 0.25) is 6.29 Å². The van der Waals surface area contributed by atoms with E-state index in [0.717, 1.165) is 16.7 Å². The van der Waals surface area contributed by atoms with Crippen LogP contribution < -0.4 is 10.6 Å². The standard InChI is InChI=1S/C33H40N3O5/c1-25(2)20-29(23-37)34-32(39)36(19-18-26-12-6-3-7-13-26)22-31(38)30(21-27-14-8-4-9-15-27)35-33(40)41-24-28-16-10-5-11-17-28/h3-17,25,29-31,38H,18-22,24H2,1-2H3,(H,34,39)(H,35,40)/t29-,30?,31?/m0/s1. The van der Waals surface area contributed by atoms with Crippen molar-refractivity contribution < 1.29 is 24.2 Å². The topological polar surface area (TPSA) is 108 Å². The lowest BCUT2D eigenvalue weighted by Gasteiger charge is -2.31. The van der Waals surface area contributed by atoms with E-state index in [1.54, 1.807) is 0 Å². The maximum Gasteiger partial charge on any atom is 0.407 e. The van der Waals surface area contributed by atoms with Crippen LogP contribution in [-0.4, -0.2) is 59.7 Å². The third kappa shape index (κ3) is 11.5. The predicted octanol–water partition coefficient (Wildman–Crippen LogP) is 4.66. The number of aliphatic hydroxyl groups excluding tert-OH is 1. The normalized spacial score (nSPS) is 13.1. The minimum absolute atomic E-state index is 0.0671. The molecule has 0 aliphatic carbocycles. The van der Waals surface area contributed by atoms with E-state index in [2.05, 4.69) is 10.6 Å². The van der Waals surface area contributed by atoms with Crippen molar-refractivity contribution in [2.24, 2.45) is 5.92 Å². The average Bonchev–Trinajstić information content (AvgIpc) is 2.98. The number of benzene rings is 3. The van der Waals surface area contributed by atoms with Gasteiger partial charge in [0.25, 0.3) is 0 Å². The molecule has 0 heterocycles. The highest BCUT2D eigenvalue weighted by Crippen LogP contribution is 2.12. The van der Waals surface area contributed by atoms with Gasteiger partial charge in [-0.1, -0.05) is 105 Å². The average molecular weight is 559 g/mol. The molecule has 8 heteroatoms. The molecule has 0 bridgehead atoms. The van der Waals surface area contributed by atoms with Gasteiger partial charge in [0.1, 0.15) is 6.61 Å². The summed E-state index contributed by atoms with van der Waals surface area (Å²) in [5.41, 5.74) is 2.78. The van der Waals surface area contributed by atoms with E-state index in [4.69, 9.17) is 4.74 Å². The number of aliphatic hydroxyl groups is 1. The molecule has 0 aliphatic heterocycles. The van der Waals surface area contributed by atoms with E-state index >= 15 is 0 Å². The number of amides is 3. The van der Waals surface area contributed by atoms with E-state index in [-0.39, 0.29) is 19.1 Å². The third-order valence-electron chi connectivity index (χ3n) is 6.63. The zero-order chi connectivity index (χ0) is 29.5. The van der Waals surface area contributed by atoms with Gasteiger partial charge in [0.15, 0.2) is 0 Å². The van der Waals surface area contributed by atoms with Crippen molar-refractivity contribution in [1.82, 2.24) is 15.5 Å². The molecule has 0 saturated heterocycles. The van der Waals surface area contributed by atoms with Crippen molar-refractivity contribution in [3.8, 4) is 0 Å². The van der Waals surface area contributed by atoms with E-state index < -0.39 is 30.3 Å². The first-order chi connectivity index (χ1) is 19.8. The van der Waals surface area contributed by atoms with E-state index in [1.807, 2.05) is 111 Å². The van der Waals surface area contributed by atoms with E-state index in [1.165, 1.54) is 4.90 Å². The van der Waals surface area contributed by atoms with Crippen molar-refractivity contribution in [3.05, 3.63) is 108 Å². The molecule has 0 fully saturated rings. The van der Waals surface area contributed by atoms with Gasteiger partial charge in [0, 0.05) is 6.54 Å². The Labute approximate surface area is 242 Å². The lowest BCUT2D eigenvalue weighted by molar-refractivity contribution is 0.0786. The summed E-state index contributed by atoms with van der Waals surface area (Å²) in [6, 6.07) is 26.5. The van der Waals surface area contributed by atoms with E-state index in [9.17, 15) is 19.5 Å². The monoisotopic (exact) mass is 558 g/mol. The minimum atomic E-state index is -1.12. The molecule has 0 saturated carbocycles. The Balaban J connectivity index is 1.74. The van der Waals surface area contributed by atoms with Gasteiger partial charge >= 0.3 is 12.1 Å². The summed E-state index contributed by atoms with van der Waals surface area (Å²) in [6.45, 7) is 4.25. The fourth-order valence-electron chi connectivity index (χ4n) is 4.45. The minimum Gasteiger partial charge on any atom is -0.445 e. The molecule has 8 nitrogen and oxygen atoms in total. The van der Waals surface area contributed by atoms with Gasteiger partial charge in [0.05, 0.1) is 24.7 Å². The number of carbonyl (C=O) groups excluding carboxylic acids is 3. The molecule has 217 valence electrons. The first-order valence-corrected chi connectivity index (χ1v) is 14.0. The van der Waals surface area contributed by atoms with Gasteiger partial charge in [-0.15, -0.1) is 0 Å². The molecule has 3 aromatic rings. The molecular weight excluding hydrogens is 518 g/mol. The summed E-state index contributed by atoms with van der Waals surface area (Å²) in [5, 5.41) is 16.9. The predicted molar refractivity (Wildman–Crippen MR) is 159 cm³/mol. The number of hydrogen-bond acceptors (Lipinski definition) is 5. The highest BCUT2D eigenvalue weighted by Gasteiger charge is 2.28. The molecule has 1 radical (unpaired) electrons. The lowest BCUT2D eigenvalue weighted by atomic mass is 10.0. The van der Waals surface area contributed by atoms with Crippen LogP contribution in [0.4, 0.5) is 9.59 Å². The van der Waals surface area contributed by atoms with Crippen molar-refractivity contribution in [2.75, 3.05) is 13.1 Å². The molecule has 0 spiro atoms. The molecule has 2 unspecified atom stereocenters. The summed E-state index contributed by atoms with van der Waals surface area (Å²) in [5.74, 6) is 0.187. The number of alkyl carbamates (subject to hydrolysis) is 1. The Morgan fingerprint density at radius 1 is 0.854 bits per heavy atom. The molecule has 3 atom stereocenters. The number of nitrogens with zero attached hydrogens (tertiary/aromatic N) is 1. The van der Waals surface area contributed by atoms with Gasteiger partial charge in [-0.3, -0.25) is 4.79 Å². The zero-order valence-electron chi connectivity index (χ0n) is 23.7. The van der Waals surface area contributed by atoms with Crippen LogP contribution in [0.2, 0.25) is 0 Å². The SMILES string of the molecule is CC(C)C[C@@H]([C]=O)NC(=O)N(CCc1ccccc1)CC(O)C(Cc1ccccc1)NC(=O)OCc1ccccc1. The smallest absolute Gasteiger partial charge is 0.407 e. The lowest BCUT2D eigenvalue weighted by Crippen LogP contribution is -2.54. The quantitative estimate of drug-likeness (QED) is 0.251. The van der Waals surface area contributed by atoms with Crippen LogP contribution in [0.3, 0.4) is 0 Å². The number of ether oxygens (including phenoxy) is 1. The van der Waals surface area contributed by atoms with Crippen LogP contribution in [-0.2, 0) is 29.0 Å². The van der Waals surface area contributed by atoms with Crippen LogP contribution >= 0.6 is 0 Å². The Bertz CT molecular complexity index is 1190. The fraction of sp³-hybridized carbons (Fsp3) is 0.364. The van der Waals surface area contributed by atoms with Crippen molar-refractivity contribution in [3.63, 3.8) is 0 Å². The molecule has 3 rings (SSSR count). The second-order valence-corrected chi connectivity index (χ2v) is 10.5. The third-order valence-corrected chi connectivity index (χ3v) is 6.63.